The van der Waals surface area contributed by atoms with Gasteiger partial charge >= 0.3 is 0 Å². The fourth-order valence-corrected chi connectivity index (χ4v) is 4.66. The second-order valence-corrected chi connectivity index (χ2v) is 9.26. The van der Waals surface area contributed by atoms with Crippen molar-refractivity contribution in [1.29, 1.82) is 0 Å². The summed E-state index contributed by atoms with van der Waals surface area (Å²) >= 11 is 5.96. The van der Waals surface area contributed by atoms with Gasteiger partial charge in [0.05, 0.1) is 5.02 Å². The van der Waals surface area contributed by atoms with Crippen molar-refractivity contribution in [3.63, 3.8) is 0 Å². The Morgan fingerprint density at radius 1 is 1.11 bits per heavy atom. The van der Waals surface area contributed by atoms with Crippen LogP contribution < -0.4 is 15.8 Å². The number of anilines is 1. The number of nitrogens with zero attached hydrogens (tertiary/aromatic N) is 2. The molecule has 6 nitrogen and oxygen atoms in total. The Hall–Kier alpha value is -3.23. The van der Waals surface area contributed by atoms with Gasteiger partial charge in [0.25, 0.3) is 5.91 Å². The van der Waals surface area contributed by atoms with Gasteiger partial charge in [-0.05, 0) is 56.7 Å². The molecule has 3 aromatic rings. The zero-order chi connectivity index (χ0) is 25.3. The summed E-state index contributed by atoms with van der Waals surface area (Å²) in [5.41, 5.74) is 7.96. The van der Waals surface area contributed by atoms with Gasteiger partial charge in [0.15, 0.2) is 11.6 Å². The maximum Gasteiger partial charge on any atom is 0.253 e. The van der Waals surface area contributed by atoms with Crippen LogP contribution in [0, 0.1) is 11.6 Å². The van der Waals surface area contributed by atoms with E-state index in [1.807, 2.05) is 17.0 Å². The van der Waals surface area contributed by atoms with Gasteiger partial charge in [-0.1, -0.05) is 23.7 Å². The fourth-order valence-electron chi connectivity index (χ4n) is 4.35. The van der Waals surface area contributed by atoms with Crippen molar-refractivity contribution >= 4 is 23.3 Å². The Balaban J connectivity index is 1.54. The van der Waals surface area contributed by atoms with Crippen LogP contribution >= 0.6 is 11.6 Å². The summed E-state index contributed by atoms with van der Waals surface area (Å²) in [6.07, 6.45) is 0.667. The Labute approximate surface area is 208 Å². The smallest absolute Gasteiger partial charge is 0.253 e. The average Bonchev–Trinajstić information content (AvgIpc) is 2.82. The van der Waals surface area contributed by atoms with Gasteiger partial charge < -0.3 is 20.7 Å². The zero-order valence-corrected chi connectivity index (χ0v) is 20.4. The molecule has 0 aliphatic carbocycles. The molecule has 4 rings (SSSR count). The molecule has 1 amide bonds. The maximum atomic E-state index is 14.3. The molecule has 9 heteroatoms. The van der Waals surface area contributed by atoms with Crippen molar-refractivity contribution < 1.29 is 18.3 Å². The highest BCUT2D eigenvalue weighted by molar-refractivity contribution is 6.31. The van der Waals surface area contributed by atoms with Crippen LogP contribution in [-0.4, -0.2) is 41.0 Å². The van der Waals surface area contributed by atoms with E-state index in [2.05, 4.69) is 24.1 Å². The number of aromatic nitrogens is 1. The highest BCUT2D eigenvalue weighted by atomic mass is 35.5. The third-order valence-electron chi connectivity index (χ3n) is 5.98. The molecule has 1 unspecified atom stereocenters. The van der Waals surface area contributed by atoms with Gasteiger partial charge in [-0.15, -0.1) is 0 Å². The minimum Gasteiger partial charge on any atom is -0.482 e. The van der Waals surface area contributed by atoms with Crippen molar-refractivity contribution in [2.75, 3.05) is 18.8 Å². The number of nitrogens with two attached hydrogens (primary N) is 1. The van der Waals surface area contributed by atoms with Crippen LogP contribution in [0.1, 0.15) is 42.8 Å². The lowest BCUT2D eigenvalue weighted by atomic mass is 10.0. The quantitative estimate of drug-likeness (QED) is 0.469. The lowest BCUT2D eigenvalue weighted by molar-refractivity contribution is 0.0674. The molecular weight excluding hydrogens is 474 g/mol. The summed E-state index contributed by atoms with van der Waals surface area (Å²) in [5.74, 6) is -1.13. The van der Waals surface area contributed by atoms with Crippen LogP contribution in [-0.2, 0) is 0 Å². The van der Waals surface area contributed by atoms with E-state index in [0.29, 0.717) is 24.2 Å². The molecule has 2 heterocycles. The van der Waals surface area contributed by atoms with Crippen LogP contribution in [0.2, 0.25) is 5.02 Å². The molecule has 0 bridgehead atoms. The molecule has 1 aliphatic heterocycles. The molecular formula is C26H27ClF2N4O2. The molecule has 1 aliphatic rings. The third kappa shape index (κ3) is 5.39. The number of carbonyl (C=O) groups excluding carboxylic acids is 1. The van der Waals surface area contributed by atoms with Crippen LogP contribution in [0.5, 0.6) is 5.75 Å². The van der Waals surface area contributed by atoms with Crippen LogP contribution in [0.3, 0.4) is 0 Å². The lowest BCUT2D eigenvalue weighted by Gasteiger charge is -2.36. The van der Waals surface area contributed by atoms with Crippen molar-refractivity contribution in [1.82, 2.24) is 15.2 Å². The summed E-state index contributed by atoms with van der Waals surface area (Å²) < 4.78 is 34.0. The summed E-state index contributed by atoms with van der Waals surface area (Å²) in [4.78, 5) is 19.0. The number of hydrogen-bond acceptors (Lipinski definition) is 5. The molecule has 1 fully saturated rings. The van der Waals surface area contributed by atoms with Gasteiger partial charge in [0, 0.05) is 48.1 Å². The van der Waals surface area contributed by atoms with Gasteiger partial charge in [-0.3, -0.25) is 4.79 Å². The number of pyridine rings is 1. The van der Waals surface area contributed by atoms with Crippen molar-refractivity contribution in [3.05, 3.63) is 76.4 Å². The van der Waals surface area contributed by atoms with Crippen LogP contribution in [0.4, 0.5) is 14.6 Å². The number of ether oxygens (including phenoxy) is 1. The number of hydrogen-bond donors (Lipinski definition) is 2. The molecule has 0 spiro atoms. The summed E-state index contributed by atoms with van der Waals surface area (Å²) in [6.45, 7) is 6.98. The first-order chi connectivity index (χ1) is 16.6. The number of amides is 1. The highest BCUT2D eigenvalue weighted by Gasteiger charge is 2.25. The lowest BCUT2D eigenvalue weighted by Crippen LogP contribution is -2.55. The summed E-state index contributed by atoms with van der Waals surface area (Å²) in [7, 11) is 0. The van der Waals surface area contributed by atoms with E-state index >= 15 is 0 Å². The molecule has 184 valence electrons. The molecule has 2 aromatic carbocycles. The molecule has 0 radical (unpaired) electrons. The first kappa shape index (κ1) is 24.9. The third-order valence-corrected chi connectivity index (χ3v) is 6.37. The minimum atomic E-state index is -0.915. The number of piperazine rings is 1. The molecule has 1 aromatic heterocycles. The number of rotatable bonds is 5. The van der Waals surface area contributed by atoms with E-state index < -0.39 is 17.7 Å². The van der Waals surface area contributed by atoms with E-state index in [-0.39, 0.29) is 40.1 Å². The SMILES string of the molecule is CC(Oc1cc(-c2ccc(C(=O)N3C[C@@H](C)N[C@@H](C)C3)cc2)cnc1N)c1c(F)ccc(F)c1Cl. The largest absolute Gasteiger partial charge is 0.482 e. The standard InChI is InChI=1S/C26H27ClF2N4O2/c1-14-12-33(13-15(2)32-14)26(34)18-6-4-17(5-7-18)19-10-22(25(30)31-11-19)35-16(3)23-20(28)8-9-21(29)24(23)27/h4-11,14-16,32H,12-13H2,1-3H3,(H2,30,31)/t14-,15+,16?. The van der Waals surface area contributed by atoms with E-state index in [1.54, 1.807) is 31.3 Å². The topological polar surface area (TPSA) is 80.5 Å². The predicted molar refractivity (Wildman–Crippen MR) is 132 cm³/mol. The fraction of sp³-hybridized carbons (Fsp3) is 0.308. The molecule has 3 atom stereocenters. The summed E-state index contributed by atoms with van der Waals surface area (Å²) in [6, 6.07) is 11.3. The normalized spacial score (nSPS) is 18.9. The Kier molecular flexibility index (Phi) is 7.23. The van der Waals surface area contributed by atoms with E-state index in [0.717, 1.165) is 17.7 Å². The Morgan fingerprint density at radius 3 is 2.40 bits per heavy atom. The molecule has 1 saturated heterocycles. The molecule has 35 heavy (non-hydrogen) atoms. The number of nitrogens with one attached hydrogen (secondary N) is 1. The van der Waals surface area contributed by atoms with Crippen LogP contribution in [0.15, 0.2) is 48.7 Å². The first-order valence-corrected chi connectivity index (χ1v) is 11.7. The number of nitrogen functional groups attached to an aromatic ring is 1. The van der Waals surface area contributed by atoms with E-state index in [9.17, 15) is 13.6 Å². The highest BCUT2D eigenvalue weighted by Crippen LogP contribution is 2.34. The van der Waals surface area contributed by atoms with Gasteiger partial charge in [-0.2, -0.15) is 0 Å². The maximum absolute atomic E-state index is 14.3. The van der Waals surface area contributed by atoms with Crippen LogP contribution in [0.25, 0.3) is 11.1 Å². The minimum absolute atomic E-state index is 0.0148. The number of benzene rings is 2. The second kappa shape index (κ2) is 10.2. The average molecular weight is 501 g/mol. The first-order valence-electron chi connectivity index (χ1n) is 11.4. The van der Waals surface area contributed by atoms with E-state index in [1.165, 1.54) is 0 Å². The van der Waals surface area contributed by atoms with Crippen molar-refractivity contribution in [2.45, 2.75) is 39.0 Å². The Morgan fingerprint density at radius 2 is 1.74 bits per heavy atom. The van der Waals surface area contributed by atoms with E-state index in [4.69, 9.17) is 22.1 Å². The van der Waals surface area contributed by atoms with Crippen molar-refractivity contribution in [2.24, 2.45) is 0 Å². The molecule has 3 N–H and O–H groups in total. The molecule has 0 saturated carbocycles. The predicted octanol–water partition coefficient (Wildman–Crippen LogP) is 5.22. The monoisotopic (exact) mass is 500 g/mol. The second-order valence-electron chi connectivity index (χ2n) is 8.88. The number of halogens is 3. The van der Waals surface area contributed by atoms with Gasteiger partial charge in [0.1, 0.15) is 17.7 Å². The summed E-state index contributed by atoms with van der Waals surface area (Å²) in [5, 5.41) is 3.08. The van der Waals surface area contributed by atoms with Gasteiger partial charge in [0.2, 0.25) is 0 Å². The number of carbonyl (C=O) groups is 1. The van der Waals surface area contributed by atoms with Gasteiger partial charge in [-0.25, -0.2) is 13.8 Å². The van der Waals surface area contributed by atoms with Crippen molar-refractivity contribution in [3.8, 4) is 16.9 Å². The zero-order valence-electron chi connectivity index (χ0n) is 19.7. The Bertz CT molecular complexity index is 1230.